The van der Waals surface area contributed by atoms with Gasteiger partial charge in [0.2, 0.25) is 10.0 Å². The Kier molecular flexibility index (Phi) is 6.86. The van der Waals surface area contributed by atoms with Gasteiger partial charge in [-0.05, 0) is 0 Å². The summed E-state index contributed by atoms with van der Waals surface area (Å²) in [5.74, 6) is -0.0955. The van der Waals surface area contributed by atoms with Crippen LogP contribution in [-0.2, 0) is 10.0 Å². The van der Waals surface area contributed by atoms with Gasteiger partial charge in [0, 0.05) is 32.5 Å². The fourth-order valence-corrected chi connectivity index (χ4v) is 1.62. The van der Waals surface area contributed by atoms with Crippen molar-refractivity contribution in [2.75, 3.05) is 38.3 Å². The summed E-state index contributed by atoms with van der Waals surface area (Å²) in [7, 11) is -0.316. The van der Waals surface area contributed by atoms with Gasteiger partial charge in [0.15, 0.2) is 0 Å². The monoisotopic (exact) mass is 301 g/mol. The smallest absolute Gasteiger partial charge is 0.314 e. The van der Waals surface area contributed by atoms with Crippen molar-refractivity contribution in [2.24, 2.45) is 0 Å². The lowest BCUT2D eigenvalue weighted by molar-refractivity contribution is 0.242. The third kappa shape index (κ3) is 6.69. The first-order chi connectivity index (χ1) is 6.90. The molecule has 0 radical (unpaired) electrons. The summed E-state index contributed by atoms with van der Waals surface area (Å²) in [5.41, 5.74) is 0. The van der Waals surface area contributed by atoms with Crippen LogP contribution >= 0.6 is 15.9 Å². The molecule has 0 aliphatic carbocycles. The van der Waals surface area contributed by atoms with Gasteiger partial charge in [-0.15, -0.1) is 0 Å². The zero-order valence-corrected chi connectivity index (χ0v) is 11.2. The van der Waals surface area contributed by atoms with Crippen molar-refractivity contribution < 1.29 is 13.2 Å². The lowest BCUT2D eigenvalue weighted by Crippen LogP contribution is -2.40. The average Bonchev–Trinajstić information content (AvgIpc) is 2.14. The van der Waals surface area contributed by atoms with Crippen molar-refractivity contribution in [3.63, 3.8) is 0 Å². The summed E-state index contributed by atoms with van der Waals surface area (Å²) in [5, 5.41) is 5.66. The van der Waals surface area contributed by atoms with Gasteiger partial charge in [-0.2, -0.15) is 0 Å². The molecule has 6 nitrogen and oxygen atoms in total. The van der Waals surface area contributed by atoms with Gasteiger partial charge in [0.1, 0.15) is 0 Å². The quantitative estimate of drug-likeness (QED) is 0.654. The second kappa shape index (κ2) is 7.02. The van der Waals surface area contributed by atoms with Crippen LogP contribution in [0.3, 0.4) is 0 Å². The summed E-state index contributed by atoms with van der Waals surface area (Å²) in [6.07, 6.45) is 0. The first-order valence-electron chi connectivity index (χ1n) is 4.38. The SMILES string of the molecule is CN(C)S(=O)(=O)CCNC(=O)NCCBr. The van der Waals surface area contributed by atoms with E-state index in [4.69, 9.17) is 0 Å². The van der Waals surface area contributed by atoms with Crippen LogP contribution in [-0.4, -0.2) is 57.0 Å². The molecule has 0 saturated carbocycles. The highest BCUT2D eigenvalue weighted by molar-refractivity contribution is 9.09. The van der Waals surface area contributed by atoms with E-state index in [0.29, 0.717) is 11.9 Å². The Hall–Kier alpha value is -0.340. The molecular formula is C7H16BrN3O3S. The number of rotatable bonds is 6. The molecule has 0 aromatic heterocycles. The molecule has 0 aliphatic heterocycles. The Morgan fingerprint density at radius 1 is 1.27 bits per heavy atom. The van der Waals surface area contributed by atoms with Crippen LogP contribution in [0.25, 0.3) is 0 Å². The minimum Gasteiger partial charge on any atom is -0.337 e. The number of hydrogen-bond donors (Lipinski definition) is 2. The summed E-state index contributed by atoms with van der Waals surface area (Å²) < 4.78 is 23.7. The van der Waals surface area contributed by atoms with E-state index >= 15 is 0 Å². The van der Waals surface area contributed by atoms with E-state index in [0.717, 1.165) is 4.31 Å². The highest BCUT2D eigenvalue weighted by atomic mass is 79.9. The zero-order chi connectivity index (χ0) is 11.9. The van der Waals surface area contributed by atoms with E-state index in [2.05, 4.69) is 26.6 Å². The Morgan fingerprint density at radius 3 is 2.27 bits per heavy atom. The van der Waals surface area contributed by atoms with Gasteiger partial charge in [0.25, 0.3) is 0 Å². The van der Waals surface area contributed by atoms with E-state index in [1.807, 2.05) is 0 Å². The van der Waals surface area contributed by atoms with Crippen LogP contribution in [0.4, 0.5) is 4.79 Å². The van der Waals surface area contributed by atoms with Crippen LogP contribution in [0.5, 0.6) is 0 Å². The highest BCUT2D eigenvalue weighted by Crippen LogP contribution is 1.91. The van der Waals surface area contributed by atoms with Gasteiger partial charge in [-0.3, -0.25) is 0 Å². The molecular weight excluding hydrogens is 286 g/mol. The number of halogens is 1. The largest absolute Gasteiger partial charge is 0.337 e. The molecule has 0 bridgehead atoms. The molecule has 15 heavy (non-hydrogen) atoms. The molecule has 0 saturated heterocycles. The van der Waals surface area contributed by atoms with Crippen molar-refractivity contribution in [2.45, 2.75) is 0 Å². The molecule has 0 heterocycles. The molecule has 90 valence electrons. The van der Waals surface area contributed by atoms with Gasteiger partial charge in [-0.25, -0.2) is 17.5 Å². The molecule has 0 aliphatic rings. The summed E-state index contributed by atoms with van der Waals surface area (Å²) >= 11 is 3.15. The number of amides is 2. The molecule has 0 rings (SSSR count). The highest BCUT2D eigenvalue weighted by Gasteiger charge is 2.13. The number of hydrogen-bond acceptors (Lipinski definition) is 3. The van der Waals surface area contributed by atoms with Crippen molar-refractivity contribution >= 4 is 32.0 Å². The van der Waals surface area contributed by atoms with Gasteiger partial charge in [-0.1, -0.05) is 15.9 Å². The maximum atomic E-state index is 11.3. The van der Waals surface area contributed by atoms with Crippen molar-refractivity contribution in [3.05, 3.63) is 0 Å². The Morgan fingerprint density at radius 2 is 1.80 bits per heavy atom. The Balaban J connectivity index is 3.75. The molecule has 0 fully saturated rings. The third-order valence-electron chi connectivity index (χ3n) is 1.58. The number of carbonyl (C=O) groups is 1. The predicted octanol–water partition coefficient (Wildman–Crippen LogP) is -0.428. The maximum Gasteiger partial charge on any atom is 0.314 e. The van der Waals surface area contributed by atoms with Gasteiger partial charge >= 0.3 is 6.03 Å². The standard InChI is InChI=1S/C7H16BrN3O3S/c1-11(2)15(13,14)6-5-10-7(12)9-4-3-8/h3-6H2,1-2H3,(H2,9,10,12). The first-order valence-corrected chi connectivity index (χ1v) is 7.11. The number of nitrogens with zero attached hydrogens (tertiary/aromatic N) is 1. The van der Waals surface area contributed by atoms with Crippen LogP contribution in [0.2, 0.25) is 0 Å². The Labute approximate surface area is 98.6 Å². The average molecular weight is 302 g/mol. The van der Waals surface area contributed by atoms with E-state index < -0.39 is 10.0 Å². The van der Waals surface area contributed by atoms with E-state index in [1.165, 1.54) is 14.1 Å². The second-order valence-electron chi connectivity index (χ2n) is 2.97. The lowest BCUT2D eigenvalue weighted by atomic mass is 10.7. The normalized spacial score (nSPS) is 11.5. The maximum absolute atomic E-state index is 11.3. The van der Waals surface area contributed by atoms with Crippen LogP contribution in [0.15, 0.2) is 0 Å². The number of nitrogens with one attached hydrogen (secondary N) is 2. The minimum absolute atomic E-state index is 0.0955. The minimum atomic E-state index is -3.23. The zero-order valence-electron chi connectivity index (χ0n) is 8.79. The third-order valence-corrected chi connectivity index (χ3v) is 3.81. The fraction of sp³-hybridized carbons (Fsp3) is 0.857. The van der Waals surface area contributed by atoms with Crippen molar-refractivity contribution in [1.29, 1.82) is 0 Å². The van der Waals surface area contributed by atoms with Crippen molar-refractivity contribution in [3.8, 4) is 0 Å². The molecule has 0 atom stereocenters. The fourth-order valence-electron chi connectivity index (χ4n) is 0.699. The number of urea groups is 1. The van der Waals surface area contributed by atoms with Crippen LogP contribution in [0, 0.1) is 0 Å². The topological polar surface area (TPSA) is 78.5 Å². The van der Waals surface area contributed by atoms with E-state index in [1.54, 1.807) is 0 Å². The molecule has 0 aromatic carbocycles. The number of sulfonamides is 1. The molecule has 0 aromatic rings. The number of carbonyl (C=O) groups excluding carboxylic acids is 1. The van der Waals surface area contributed by atoms with Gasteiger partial charge in [0.05, 0.1) is 5.75 Å². The summed E-state index contributed by atoms with van der Waals surface area (Å²) in [4.78, 5) is 11.0. The molecule has 2 N–H and O–H groups in total. The van der Waals surface area contributed by atoms with Crippen LogP contribution < -0.4 is 10.6 Å². The van der Waals surface area contributed by atoms with E-state index in [9.17, 15) is 13.2 Å². The Bertz CT molecular complexity index is 292. The molecule has 0 spiro atoms. The molecule has 2 amide bonds. The van der Waals surface area contributed by atoms with Gasteiger partial charge < -0.3 is 10.6 Å². The summed E-state index contributed by atoms with van der Waals surface area (Å²) in [6, 6.07) is -0.358. The van der Waals surface area contributed by atoms with Crippen molar-refractivity contribution in [1.82, 2.24) is 14.9 Å². The van der Waals surface area contributed by atoms with Crippen LogP contribution in [0.1, 0.15) is 0 Å². The molecule has 8 heteroatoms. The predicted molar refractivity (Wildman–Crippen MR) is 62.7 cm³/mol. The first kappa shape index (κ1) is 14.7. The summed E-state index contributed by atoms with van der Waals surface area (Å²) in [6.45, 7) is 0.612. The second-order valence-corrected chi connectivity index (χ2v) is 6.07. The number of alkyl halides is 1. The lowest BCUT2D eigenvalue weighted by Gasteiger charge is -2.11. The van der Waals surface area contributed by atoms with E-state index in [-0.39, 0.29) is 18.3 Å². The molecule has 0 unspecified atom stereocenters.